The fraction of sp³-hybridized carbons (Fsp3) is 0.172. The number of hydrogen-bond acceptors (Lipinski definition) is 6. The van der Waals surface area contributed by atoms with Crippen LogP contribution in [0.25, 0.3) is 10.9 Å². The molecule has 0 saturated heterocycles. The summed E-state index contributed by atoms with van der Waals surface area (Å²) in [4.78, 5) is 29.0. The fourth-order valence-electron chi connectivity index (χ4n) is 4.16. The summed E-state index contributed by atoms with van der Waals surface area (Å²) in [5, 5.41) is 2.84. The number of pyridine rings is 1. The number of benzene rings is 3. The molecule has 0 unspecified atom stereocenters. The Morgan fingerprint density at radius 2 is 1.77 bits per heavy atom. The van der Waals surface area contributed by atoms with Gasteiger partial charge in [-0.2, -0.15) is 0 Å². The van der Waals surface area contributed by atoms with E-state index in [2.05, 4.69) is 16.9 Å². The highest BCUT2D eigenvalue weighted by Gasteiger charge is 2.25. The predicted octanol–water partition coefficient (Wildman–Crippen LogP) is 3.90. The third kappa shape index (κ3) is 5.80. The highest BCUT2D eigenvalue weighted by molar-refractivity contribution is 7.92. The van der Waals surface area contributed by atoms with Crippen LogP contribution in [0.5, 0.6) is 11.5 Å². The number of carbonyl (C=O) groups is 1. The van der Waals surface area contributed by atoms with Gasteiger partial charge in [0.25, 0.3) is 15.9 Å². The van der Waals surface area contributed by atoms with Crippen molar-refractivity contribution < 1.29 is 22.7 Å². The van der Waals surface area contributed by atoms with Gasteiger partial charge in [-0.15, -0.1) is 6.58 Å². The number of sulfonamides is 1. The summed E-state index contributed by atoms with van der Waals surface area (Å²) < 4.78 is 38.8. The van der Waals surface area contributed by atoms with Crippen molar-refractivity contribution in [2.45, 2.75) is 11.3 Å². The number of H-pyrrole nitrogens is 1. The molecule has 4 aromatic rings. The fourth-order valence-corrected chi connectivity index (χ4v) is 5.62. The number of ether oxygens (including phenoxy) is 2. The number of fused-ring (bicyclic) bond motifs is 1. The second kappa shape index (κ2) is 11.9. The molecular weight excluding hydrogens is 518 g/mol. The van der Waals surface area contributed by atoms with Crippen LogP contribution in [0.2, 0.25) is 0 Å². The Morgan fingerprint density at radius 1 is 1.03 bits per heavy atom. The molecule has 0 atom stereocenters. The van der Waals surface area contributed by atoms with Gasteiger partial charge in [0.1, 0.15) is 5.56 Å². The SMILES string of the molecule is C=CCN(c1ccccc1)S(=O)(=O)c1ccc2[nH]cc(C(=O)NCCc3ccc(OC)c(OC)c3)c(=O)c2c1. The van der Waals surface area contributed by atoms with E-state index >= 15 is 0 Å². The van der Waals surface area contributed by atoms with E-state index in [4.69, 9.17) is 9.47 Å². The number of aromatic nitrogens is 1. The van der Waals surface area contributed by atoms with Gasteiger partial charge in [0.15, 0.2) is 11.5 Å². The summed E-state index contributed by atoms with van der Waals surface area (Å²) in [5.74, 6) is 0.618. The number of methoxy groups -OCH3 is 2. The molecular formula is C29H29N3O6S. The molecule has 9 nitrogen and oxygen atoms in total. The van der Waals surface area contributed by atoms with Crippen molar-refractivity contribution in [3.8, 4) is 11.5 Å². The zero-order valence-corrected chi connectivity index (χ0v) is 22.5. The minimum atomic E-state index is -4.02. The lowest BCUT2D eigenvalue weighted by atomic mass is 10.1. The molecule has 0 spiro atoms. The molecule has 0 aliphatic heterocycles. The van der Waals surface area contributed by atoms with Crippen LogP contribution in [-0.4, -0.2) is 46.6 Å². The zero-order chi connectivity index (χ0) is 28.0. The van der Waals surface area contributed by atoms with E-state index in [1.807, 2.05) is 12.1 Å². The summed E-state index contributed by atoms with van der Waals surface area (Å²) in [6.07, 6.45) is 3.32. The number of carbonyl (C=O) groups excluding carboxylic acids is 1. The van der Waals surface area contributed by atoms with Crippen molar-refractivity contribution >= 4 is 32.5 Å². The lowest BCUT2D eigenvalue weighted by molar-refractivity contribution is 0.0953. The van der Waals surface area contributed by atoms with Crippen molar-refractivity contribution in [3.05, 3.63) is 107 Å². The van der Waals surface area contributed by atoms with E-state index < -0.39 is 21.4 Å². The van der Waals surface area contributed by atoms with E-state index in [0.717, 1.165) is 5.56 Å². The molecule has 0 saturated carbocycles. The molecule has 3 aromatic carbocycles. The molecule has 0 aliphatic carbocycles. The van der Waals surface area contributed by atoms with Crippen molar-refractivity contribution in [2.24, 2.45) is 0 Å². The first kappa shape index (κ1) is 27.5. The first-order valence-corrected chi connectivity index (χ1v) is 13.6. The minimum Gasteiger partial charge on any atom is -0.493 e. The van der Waals surface area contributed by atoms with Crippen molar-refractivity contribution in [1.29, 1.82) is 0 Å². The van der Waals surface area contributed by atoms with Crippen LogP contribution in [0.1, 0.15) is 15.9 Å². The molecule has 0 radical (unpaired) electrons. The molecule has 0 fully saturated rings. The normalized spacial score (nSPS) is 11.1. The molecule has 2 N–H and O–H groups in total. The highest BCUT2D eigenvalue weighted by Crippen LogP contribution is 2.28. The van der Waals surface area contributed by atoms with Gasteiger partial charge >= 0.3 is 0 Å². The Kier molecular flexibility index (Phi) is 8.36. The number of nitrogens with one attached hydrogen (secondary N) is 2. The van der Waals surface area contributed by atoms with Gasteiger partial charge in [0, 0.05) is 23.6 Å². The van der Waals surface area contributed by atoms with Gasteiger partial charge in [0.05, 0.1) is 31.3 Å². The average Bonchev–Trinajstić information content (AvgIpc) is 2.96. The van der Waals surface area contributed by atoms with Crippen molar-refractivity contribution in [3.63, 3.8) is 0 Å². The highest BCUT2D eigenvalue weighted by atomic mass is 32.2. The summed E-state index contributed by atoms with van der Waals surface area (Å²) in [7, 11) is -0.924. The Balaban J connectivity index is 1.58. The zero-order valence-electron chi connectivity index (χ0n) is 21.6. The van der Waals surface area contributed by atoms with Gasteiger partial charge in [0.2, 0.25) is 5.43 Å². The third-order valence-corrected chi connectivity index (χ3v) is 7.96. The van der Waals surface area contributed by atoms with Gasteiger partial charge in [-0.25, -0.2) is 8.42 Å². The van der Waals surface area contributed by atoms with Crippen LogP contribution in [0.4, 0.5) is 5.69 Å². The Hall–Kier alpha value is -4.57. The van der Waals surface area contributed by atoms with Crippen LogP contribution in [0, 0.1) is 0 Å². The Morgan fingerprint density at radius 3 is 2.46 bits per heavy atom. The Labute approximate surface area is 226 Å². The van der Waals surface area contributed by atoms with E-state index in [9.17, 15) is 18.0 Å². The monoisotopic (exact) mass is 547 g/mol. The van der Waals surface area contributed by atoms with Crippen LogP contribution < -0.4 is 24.5 Å². The van der Waals surface area contributed by atoms with Crippen LogP contribution in [0.15, 0.2) is 95.3 Å². The Bertz CT molecular complexity index is 1670. The molecule has 0 aliphatic rings. The second-order valence-electron chi connectivity index (χ2n) is 8.59. The van der Waals surface area contributed by atoms with E-state index in [-0.39, 0.29) is 28.9 Å². The topological polar surface area (TPSA) is 118 Å². The molecule has 39 heavy (non-hydrogen) atoms. The molecule has 202 valence electrons. The van der Waals surface area contributed by atoms with Crippen LogP contribution >= 0.6 is 0 Å². The van der Waals surface area contributed by atoms with Crippen molar-refractivity contribution in [1.82, 2.24) is 10.3 Å². The predicted molar refractivity (Wildman–Crippen MR) is 151 cm³/mol. The molecule has 1 heterocycles. The average molecular weight is 548 g/mol. The maximum atomic E-state index is 13.5. The second-order valence-corrected chi connectivity index (χ2v) is 10.5. The van der Waals surface area contributed by atoms with Gasteiger partial charge in [-0.1, -0.05) is 30.3 Å². The largest absolute Gasteiger partial charge is 0.493 e. The van der Waals surface area contributed by atoms with E-state index in [1.54, 1.807) is 50.6 Å². The minimum absolute atomic E-state index is 0.0449. The lowest BCUT2D eigenvalue weighted by Gasteiger charge is -2.23. The van der Waals surface area contributed by atoms with Gasteiger partial charge in [-0.3, -0.25) is 13.9 Å². The summed E-state index contributed by atoms with van der Waals surface area (Å²) in [6.45, 7) is 3.99. The molecule has 1 amide bonds. The summed E-state index contributed by atoms with van der Waals surface area (Å²) in [6, 6.07) is 18.3. The molecule has 0 bridgehead atoms. The van der Waals surface area contributed by atoms with E-state index in [1.165, 1.54) is 34.8 Å². The van der Waals surface area contributed by atoms with Crippen LogP contribution in [0.3, 0.4) is 0 Å². The first-order valence-electron chi connectivity index (χ1n) is 12.1. The van der Waals surface area contributed by atoms with Gasteiger partial charge in [-0.05, 0) is 54.4 Å². The number of rotatable bonds is 11. The van der Waals surface area contributed by atoms with Crippen molar-refractivity contribution in [2.75, 3.05) is 31.6 Å². The number of anilines is 1. The van der Waals surface area contributed by atoms with E-state index in [0.29, 0.717) is 29.1 Å². The number of amides is 1. The third-order valence-electron chi connectivity index (χ3n) is 6.17. The summed E-state index contributed by atoms with van der Waals surface area (Å²) >= 11 is 0. The quantitative estimate of drug-likeness (QED) is 0.275. The number of para-hydroxylation sites is 1. The maximum absolute atomic E-state index is 13.5. The number of hydrogen-bond donors (Lipinski definition) is 2. The molecule has 4 rings (SSSR count). The standard InChI is InChI=1S/C29H29N3O6S/c1-4-16-32(21-8-6-5-7-9-21)39(35,36)22-11-12-25-23(18-22)28(33)24(19-31-25)29(34)30-15-14-20-10-13-26(37-2)27(17-20)38-3/h4-13,17-19H,1,14-16H2,2-3H3,(H,30,34)(H,31,33). The number of aromatic amines is 1. The smallest absolute Gasteiger partial charge is 0.264 e. The molecule has 1 aromatic heterocycles. The van der Waals surface area contributed by atoms with Gasteiger partial charge < -0.3 is 19.8 Å². The number of nitrogens with zero attached hydrogens (tertiary/aromatic N) is 1. The maximum Gasteiger partial charge on any atom is 0.264 e. The summed E-state index contributed by atoms with van der Waals surface area (Å²) in [5.41, 5.74) is 1.11. The lowest BCUT2D eigenvalue weighted by Crippen LogP contribution is -2.32. The van der Waals surface area contributed by atoms with Crippen LogP contribution in [-0.2, 0) is 16.4 Å². The first-order chi connectivity index (χ1) is 18.8. The molecule has 10 heteroatoms.